The van der Waals surface area contributed by atoms with Crippen LogP contribution in [0, 0.1) is 0 Å². The summed E-state index contributed by atoms with van der Waals surface area (Å²) in [4.78, 5) is 12.8. The summed E-state index contributed by atoms with van der Waals surface area (Å²) in [5, 5.41) is 16.3. The Morgan fingerprint density at radius 2 is 2.07 bits per heavy atom. The zero-order valence-electron chi connectivity index (χ0n) is 15.1. The van der Waals surface area contributed by atoms with Gasteiger partial charge < -0.3 is 24.4 Å². The Kier molecular flexibility index (Phi) is 5.40. The van der Waals surface area contributed by atoms with Gasteiger partial charge in [-0.15, -0.1) is 0 Å². The molecule has 7 heteroatoms. The van der Waals surface area contributed by atoms with Crippen molar-refractivity contribution in [3.63, 3.8) is 0 Å². The number of aryl methyl sites for hydroxylation is 1. The van der Waals surface area contributed by atoms with E-state index in [1.165, 1.54) is 0 Å². The highest BCUT2D eigenvalue weighted by atomic mass is 16.5. The van der Waals surface area contributed by atoms with E-state index in [4.69, 9.17) is 19.1 Å². The zero-order valence-corrected chi connectivity index (χ0v) is 15.1. The lowest BCUT2D eigenvalue weighted by atomic mass is 9.95. The Labute approximate surface area is 157 Å². The van der Waals surface area contributed by atoms with Crippen LogP contribution < -0.4 is 10.1 Å². The average molecular weight is 372 g/mol. The number of nitrogens with zero attached hydrogens (tertiary/aromatic N) is 1. The molecule has 27 heavy (non-hydrogen) atoms. The molecular formula is C20H24N2O5. The van der Waals surface area contributed by atoms with Crippen LogP contribution in [0.4, 0.5) is 0 Å². The molecule has 1 fully saturated rings. The summed E-state index contributed by atoms with van der Waals surface area (Å²) >= 11 is 0. The van der Waals surface area contributed by atoms with Gasteiger partial charge in [0, 0.05) is 12.2 Å². The first-order valence-electron chi connectivity index (χ1n) is 9.47. The Hall–Kier alpha value is -2.38. The lowest BCUT2D eigenvalue weighted by molar-refractivity contribution is -0.0138. The summed E-state index contributed by atoms with van der Waals surface area (Å²) in [6.45, 7) is 0.969. The van der Waals surface area contributed by atoms with E-state index in [-0.39, 0.29) is 24.7 Å². The van der Waals surface area contributed by atoms with E-state index < -0.39 is 0 Å². The highest BCUT2D eigenvalue weighted by Gasteiger charge is 2.32. The average Bonchev–Trinajstić information content (AvgIpc) is 3.14. The maximum Gasteiger partial charge on any atom is 0.290 e. The number of hydrogen-bond donors (Lipinski definition) is 2. The van der Waals surface area contributed by atoms with Crippen molar-refractivity contribution in [2.24, 2.45) is 0 Å². The van der Waals surface area contributed by atoms with Crippen LogP contribution in [0.1, 0.15) is 46.6 Å². The number of aliphatic hydroxyl groups is 1. The van der Waals surface area contributed by atoms with Crippen LogP contribution in [-0.4, -0.2) is 41.5 Å². The number of benzene rings is 1. The van der Waals surface area contributed by atoms with Crippen LogP contribution in [0.5, 0.6) is 5.75 Å². The number of carbonyl (C=O) groups is 1. The normalized spacial score (nSPS) is 22.1. The van der Waals surface area contributed by atoms with Crippen molar-refractivity contribution in [1.82, 2.24) is 10.5 Å². The smallest absolute Gasteiger partial charge is 0.290 e. The standard InChI is InChI=1S/C20H24N2O5/c23-11-13-5-7-14(8-6-13)26-18-12-25-10-9-17(18)21-20(24)19-15-3-1-2-4-16(15)22-27-19/h5-8,17-18,23H,1-4,9-12H2,(H,21,24)/t17-,18-/m1/s1. The highest BCUT2D eigenvalue weighted by molar-refractivity contribution is 5.93. The van der Waals surface area contributed by atoms with Crippen LogP contribution in [-0.2, 0) is 24.2 Å². The summed E-state index contributed by atoms with van der Waals surface area (Å²) in [7, 11) is 0. The van der Waals surface area contributed by atoms with Crippen LogP contribution in [0.25, 0.3) is 0 Å². The van der Waals surface area contributed by atoms with E-state index >= 15 is 0 Å². The fourth-order valence-corrected chi connectivity index (χ4v) is 3.64. The van der Waals surface area contributed by atoms with E-state index in [9.17, 15) is 4.79 Å². The molecule has 0 radical (unpaired) electrons. The molecule has 1 aromatic heterocycles. The molecule has 7 nitrogen and oxygen atoms in total. The molecule has 1 aliphatic carbocycles. The molecule has 144 valence electrons. The minimum absolute atomic E-state index is 0.00694. The number of aromatic nitrogens is 1. The van der Waals surface area contributed by atoms with Crippen molar-refractivity contribution in [1.29, 1.82) is 0 Å². The van der Waals surface area contributed by atoms with E-state index in [0.717, 1.165) is 42.5 Å². The van der Waals surface area contributed by atoms with Gasteiger partial charge in [0.15, 0.2) is 0 Å². The molecule has 2 aliphatic rings. The van der Waals surface area contributed by atoms with Gasteiger partial charge in [0.25, 0.3) is 5.91 Å². The van der Waals surface area contributed by atoms with Crippen LogP contribution in [0.3, 0.4) is 0 Å². The Morgan fingerprint density at radius 3 is 2.89 bits per heavy atom. The van der Waals surface area contributed by atoms with Crippen molar-refractivity contribution < 1.29 is 23.9 Å². The highest BCUT2D eigenvalue weighted by Crippen LogP contribution is 2.25. The molecule has 0 unspecified atom stereocenters. The zero-order chi connectivity index (χ0) is 18.6. The van der Waals surface area contributed by atoms with E-state index in [1.807, 2.05) is 24.3 Å². The Morgan fingerprint density at radius 1 is 1.26 bits per heavy atom. The molecule has 1 saturated heterocycles. The van der Waals surface area contributed by atoms with Gasteiger partial charge in [0.1, 0.15) is 11.9 Å². The third-order valence-electron chi connectivity index (χ3n) is 5.18. The maximum atomic E-state index is 12.8. The molecule has 0 spiro atoms. The molecule has 2 aromatic rings. The fraction of sp³-hybridized carbons (Fsp3) is 0.500. The second-order valence-electron chi connectivity index (χ2n) is 7.05. The van der Waals surface area contributed by atoms with E-state index in [1.54, 1.807) is 0 Å². The number of aliphatic hydroxyl groups excluding tert-OH is 1. The number of nitrogens with one attached hydrogen (secondary N) is 1. The molecule has 0 bridgehead atoms. The third-order valence-corrected chi connectivity index (χ3v) is 5.18. The van der Waals surface area contributed by atoms with Crippen molar-refractivity contribution in [2.75, 3.05) is 13.2 Å². The van der Waals surface area contributed by atoms with E-state index in [0.29, 0.717) is 31.1 Å². The van der Waals surface area contributed by atoms with Gasteiger partial charge in [-0.25, -0.2) is 0 Å². The Bertz CT molecular complexity index is 786. The second-order valence-corrected chi connectivity index (χ2v) is 7.05. The molecular weight excluding hydrogens is 348 g/mol. The number of hydrogen-bond acceptors (Lipinski definition) is 6. The summed E-state index contributed by atoms with van der Waals surface area (Å²) in [5.74, 6) is 0.781. The van der Waals surface area contributed by atoms with Crippen LogP contribution >= 0.6 is 0 Å². The lowest BCUT2D eigenvalue weighted by Crippen LogP contribution is -2.51. The largest absolute Gasteiger partial charge is 0.486 e. The van der Waals surface area contributed by atoms with Crippen LogP contribution in [0.15, 0.2) is 28.8 Å². The summed E-state index contributed by atoms with van der Waals surface area (Å²) in [6, 6.07) is 7.08. The number of carbonyl (C=O) groups excluding carboxylic acids is 1. The molecule has 1 amide bonds. The van der Waals surface area contributed by atoms with E-state index in [2.05, 4.69) is 10.5 Å². The molecule has 0 saturated carbocycles. The van der Waals surface area contributed by atoms with Gasteiger partial charge in [-0.1, -0.05) is 17.3 Å². The fourth-order valence-electron chi connectivity index (χ4n) is 3.64. The minimum Gasteiger partial charge on any atom is -0.486 e. The predicted octanol–water partition coefficient (Wildman–Crippen LogP) is 2.01. The minimum atomic E-state index is -0.290. The number of fused-ring (bicyclic) bond motifs is 1. The maximum absolute atomic E-state index is 12.8. The molecule has 2 N–H and O–H groups in total. The lowest BCUT2D eigenvalue weighted by Gasteiger charge is -2.32. The third kappa shape index (κ3) is 3.99. The van der Waals surface area contributed by atoms with Gasteiger partial charge in [0.05, 0.1) is 24.9 Å². The predicted molar refractivity (Wildman–Crippen MR) is 96.6 cm³/mol. The van der Waals surface area contributed by atoms with Gasteiger partial charge in [-0.3, -0.25) is 4.79 Å². The first-order chi connectivity index (χ1) is 13.2. The van der Waals surface area contributed by atoms with Crippen molar-refractivity contribution in [3.8, 4) is 5.75 Å². The van der Waals surface area contributed by atoms with Gasteiger partial charge in [-0.2, -0.15) is 0 Å². The summed E-state index contributed by atoms with van der Waals surface area (Å²) in [6.07, 6.45) is 4.24. The summed E-state index contributed by atoms with van der Waals surface area (Å²) in [5.41, 5.74) is 2.68. The SMILES string of the molecule is O=C(N[C@@H]1CCOC[C@H]1Oc1ccc(CO)cc1)c1onc2c1CCCC2. The monoisotopic (exact) mass is 372 g/mol. The topological polar surface area (TPSA) is 93.8 Å². The van der Waals surface area contributed by atoms with Gasteiger partial charge in [0.2, 0.25) is 5.76 Å². The van der Waals surface area contributed by atoms with Crippen molar-refractivity contribution in [2.45, 2.75) is 50.9 Å². The summed E-state index contributed by atoms with van der Waals surface area (Å²) < 4.78 is 16.9. The molecule has 2 heterocycles. The number of rotatable bonds is 5. The van der Waals surface area contributed by atoms with Crippen LogP contribution in [0.2, 0.25) is 0 Å². The molecule has 1 aliphatic heterocycles. The first kappa shape index (κ1) is 18.0. The molecule has 2 atom stereocenters. The second kappa shape index (κ2) is 8.10. The molecule has 1 aromatic carbocycles. The van der Waals surface area contributed by atoms with Gasteiger partial charge >= 0.3 is 0 Å². The Balaban J connectivity index is 1.44. The number of amides is 1. The number of ether oxygens (including phenoxy) is 2. The molecule has 4 rings (SSSR count). The first-order valence-corrected chi connectivity index (χ1v) is 9.47. The van der Waals surface area contributed by atoms with Crippen molar-refractivity contribution >= 4 is 5.91 Å². The quantitative estimate of drug-likeness (QED) is 0.834. The van der Waals surface area contributed by atoms with Gasteiger partial charge in [-0.05, 0) is 49.8 Å². The van der Waals surface area contributed by atoms with Crippen molar-refractivity contribution in [3.05, 3.63) is 46.8 Å².